The van der Waals surface area contributed by atoms with Crippen LogP contribution in [0, 0.1) is 5.92 Å². The maximum atomic E-state index is 12.5. The summed E-state index contributed by atoms with van der Waals surface area (Å²) in [6.45, 7) is 7.08. The Bertz CT molecular complexity index is 589. The monoisotopic (exact) mass is 318 g/mol. The number of hydrogen-bond acceptors (Lipinski definition) is 3. The van der Waals surface area contributed by atoms with E-state index in [1.165, 1.54) is 0 Å². The first-order chi connectivity index (χ1) is 11.1. The van der Waals surface area contributed by atoms with Crippen molar-refractivity contribution in [1.82, 2.24) is 20.0 Å². The van der Waals surface area contributed by atoms with Crippen molar-refractivity contribution in [3.8, 4) is 0 Å². The van der Waals surface area contributed by atoms with E-state index in [2.05, 4.69) is 24.3 Å². The van der Waals surface area contributed by atoms with Crippen molar-refractivity contribution in [3.63, 3.8) is 0 Å². The highest BCUT2D eigenvalue weighted by molar-refractivity contribution is 5.95. The van der Waals surface area contributed by atoms with Crippen LogP contribution in [-0.2, 0) is 11.3 Å². The highest BCUT2D eigenvalue weighted by Crippen LogP contribution is 2.41. The Balaban J connectivity index is 1.60. The van der Waals surface area contributed by atoms with E-state index >= 15 is 0 Å². The van der Waals surface area contributed by atoms with Gasteiger partial charge in [-0.25, -0.2) is 0 Å². The Kier molecular flexibility index (Phi) is 4.68. The zero-order valence-corrected chi connectivity index (χ0v) is 14.0. The third kappa shape index (κ3) is 3.74. The smallest absolute Gasteiger partial charge is 0.254 e. The number of hydrogen-bond donors (Lipinski definition) is 1. The van der Waals surface area contributed by atoms with Gasteiger partial charge in [-0.05, 0) is 25.2 Å². The maximum absolute atomic E-state index is 12.5. The van der Waals surface area contributed by atoms with Crippen LogP contribution < -0.4 is 5.32 Å². The molecule has 0 atom stereocenters. The Morgan fingerprint density at radius 1 is 1.43 bits per heavy atom. The Morgan fingerprint density at radius 2 is 2.22 bits per heavy atom. The van der Waals surface area contributed by atoms with Gasteiger partial charge in [0.05, 0.1) is 17.5 Å². The molecular weight excluding hydrogens is 292 g/mol. The summed E-state index contributed by atoms with van der Waals surface area (Å²) in [6.07, 6.45) is 5.56. The van der Waals surface area contributed by atoms with Crippen LogP contribution in [0.4, 0.5) is 0 Å². The lowest BCUT2D eigenvalue weighted by Crippen LogP contribution is -2.35. The molecule has 6 heteroatoms. The highest BCUT2D eigenvalue weighted by Gasteiger charge is 2.32. The van der Waals surface area contributed by atoms with Crippen molar-refractivity contribution in [3.05, 3.63) is 17.5 Å². The highest BCUT2D eigenvalue weighted by atomic mass is 16.2. The average Bonchev–Trinajstić information content (AvgIpc) is 3.13. The van der Waals surface area contributed by atoms with Gasteiger partial charge >= 0.3 is 0 Å². The molecule has 2 fully saturated rings. The van der Waals surface area contributed by atoms with Gasteiger partial charge in [-0.3, -0.25) is 14.3 Å². The van der Waals surface area contributed by atoms with E-state index in [1.807, 2.05) is 9.58 Å². The SMILES string of the molecule is CC(C)Cn1ncc(C(=O)NCCN2CCCC2=O)c1C1CC1. The molecular formula is C17H26N4O2. The minimum absolute atomic E-state index is 0.0615. The molecule has 2 aliphatic rings. The second-order valence-corrected chi connectivity index (χ2v) is 7.03. The minimum Gasteiger partial charge on any atom is -0.350 e. The van der Waals surface area contributed by atoms with Crippen LogP contribution in [0.1, 0.15) is 61.5 Å². The van der Waals surface area contributed by atoms with Crippen LogP contribution in [0.5, 0.6) is 0 Å². The normalized spacial score (nSPS) is 18.0. The summed E-state index contributed by atoms with van der Waals surface area (Å²) >= 11 is 0. The number of aromatic nitrogens is 2. The molecule has 1 aromatic heterocycles. The maximum Gasteiger partial charge on any atom is 0.254 e. The van der Waals surface area contributed by atoms with Gasteiger partial charge in [0.1, 0.15) is 0 Å². The minimum atomic E-state index is -0.0615. The van der Waals surface area contributed by atoms with Crippen LogP contribution in [0.2, 0.25) is 0 Å². The van der Waals surface area contributed by atoms with Crippen molar-refractivity contribution >= 4 is 11.8 Å². The summed E-state index contributed by atoms with van der Waals surface area (Å²) in [5.41, 5.74) is 1.80. The molecule has 0 spiro atoms. The van der Waals surface area contributed by atoms with Crippen LogP contribution >= 0.6 is 0 Å². The number of carbonyl (C=O) groups excluding carboxylic acids is 2. The fraction of sp³-hybridized carbons (Fsp3) is 0.706. The van der Waals surface area contributed by atoms with Crippen molar-refractivity contribution in [2.24, 2.45) is 5.92 Å². The molecule has 1 aromatic rings. The number of nitrogens with one attached hydrogen (secondary N) is 1. The lowest BCUT2D eigenvalue weighted by atomic mass is 10.1. The molecule has 0 aromatic carbocycles. The molecule has 2 heterocycles. The van der Waals surface area contributed by atoms with Crippen LogP contribution in [0.25, 0.3) is 0 Å². The molecule has 2 amide bonds. The first-order valence-electron chi connectivity index (χ1n) is 8.68. The van der Waals surface area contributed by atoms with Crippen molar-refractivity contribution in [2.45, 2.75) is 52.0 Å². The van der Waals surface area contributed by atoms with E-state index in [1.54, 1.807) is 6.20 Å². The lowest BCUT2D eigenvalue weighted by Gasteiger charge is -2.16. The predicted octanol–water partition coefficient (Wildman–Crippen LogP) is 1.77. The van der Waals surface area contributed by atoms with Gasteiger partial charge in [0.15, 0.2) is 0 Å². The summed E-state index contributed by atoms with van der Waals surface area (Å²) in [4.78, 5) is 25.9. The Hall–Kier alpha value is -1.85. The molecule has 1 N–H and O–H groups in total. The van der Waals surface area contributed by atoms with E-state index in [-0.39, 0.29) is 11.8 Å². The molecule has 23 heavy (non-hydrogen) atoms. The van der Waals surface area contributed by atoms with Gasteiger partial charge in [0.2, 0.25) is 5.91 Å². The molecule has 1 saturated carbocycles. The number of amides is 2. The van der Waals surface area contributed by atoms with E-state index in [4.69, 9.17) is 0 Å². The summed E-state index contributed by atoms with van der Waals surface area (Å²) in [7, 11) is 0. The number of carbonyl (C=O) groups is 2. The van der Waals surface area contributed by atoms with Gasteiger partial charge in [-0.15, -0.1) is 0 Å². The predicted molar refractivity (Wildman–Crippen MR) is 87.2 cm³/mol. The largest absolute Gasteiger partial charge is 0.350 e. The molecule has 0 bridgehead atoms. The fourth-order valence-electron chi connectivity index (χ4n) is 3.19. The van der Waals surface area contributed by atoms with Gasteiger partial charge < -0.3 is 10.2 Å². The molecule has 1 aliphatic carbocycles. The second-order valence-electron chi connectivity index (χ2n) is 7.03. The van der Waals surface area contributed by atoms with Gasteiger partial charge in [0.25, 0.3) is 5.91 Å². The van der Waals surface area contributed by atoms with E-state index in [9.17, 15) is 9.59 Å². The summed E-state index contributed by atoms with van der Waals surface area (Å²) in [6, 6.07) is 0. The Labute approximate surface area is 137 Å². The van der Waals surface area contributed by atoms with Crippen LogP contribution in [0.15, 0.2) is 6.20 Å². The van der Waals surface area contributed by atoms with Crippen LogP contribution in [0.3, 0.4) is 0 Å². The summed E-state index contributed by atoms with van der Waals surface area (Å²) in [5.74, 6) is 1.12. The zero-order valence-electron chi connectivity index (χ0n) is 14.0. The van der Waals surface area contributed by atoms with E-state index < -0.39 is 0 Å². The molecule has 3 rings (SSSR count). The average molecular weight is 318 g/mol. The quantitative estimate of drug-likeness (QED) is 0.833. The number of nitrogens with zero attached hydrogens (tertiary/aromatic N) is 3. The van der Waals surface area contributed by atoms with Crippen LogP contribution in [-0.4, -0.2) is 46.1 Å². The topological polar surface area (TPSA) is 67.2 Å². The molecule has 1 saturated heterocycles. The van der Waals surface area contributed by atoms with Gasteiger partial charge in [0, 0.05) is 38.5 Å². The zero-order chi connectivity index (χ0) is 16.4. The second kappa shape index (κ2) is 6.72. The van der Waals surface area contributed by atoms with Crippen molar-refractivity contribution < 1.29 is 9.59 Å². The summed E-state index contributed by atoms with van der Waals surface area (Å²) < 4.78 is 2.00. The first-order valence-corrected chi connectivity index (χ1v) is 8.68. The third-order valence-corrected chi connectivity index (χ3v) is 4.47. The Morgan fingerprint density at radius 3 is 2.83 bits per heavy atom. The number of rotatable bonds is 7. The van der Waals surface area contributed by atoms with Crippen molar-refractivity contribution in [1.29, 1.82) is 0 Å². The van der Waals surface area contributed by atoms with E-state index in [0.29, 0.717) is 36.9 Å². The first kappa shape index (κ1) is 16.0. The van der Waals surface area contributed by atoms with Gasteiger partial charge in [-0.1, -0.05) is 13.8 Å². The number of likely N-dealkylation sites (tertiary alicyclic amines) is 1. The third-order valence-electron chi connectivity index (χ3n) is 4.47. The van der Waals surface area contributed by atoms with E-state index in [0.717, 1.165) is 38.0 Å². The molecule has 0 unspecified atom stereocenters. The van der Waals surface area contributed by atoms with Crippen molar-refractivity contribution in [2.75, 3.05) is 19.6 Å². The molecule has 126 valence electrons. The molecule has 1 aliphatic heterocycles. The van der Waals surface area contributed by atoms with Gasteiger partial charge in [-0.2, -0.15) is 5.10 Å². The standard InChI is InChI=1S/C17H26N4O2/c1-12(2)11-21-16(13-5-6-13)14(10-19-21)17(23)18-7-9-20-8-3-4-15(20)22/h10,12-13H,3-9,11H2,1-2H3,(H,18,23). The fourth-order valence-corrected chi connectivity index (χ4v) is 3.19. The summed E-state index contributed by atoms with van der Waals surface area (Å²) in [5, 5.41) is 7.38. The molecule has 6 nitrogen and oxygen atoms in total. The molecule has 0 radical (unpaired) electrons. The lowest BCUT2D eigenvalue weighted by molar-refractivity contribution is -0.127.